The van der Waals surface area contributed by atoms with Crippen molar-refractivity contribution in [3.8, 4) is 0 Å². The summed E-state index contributed by atoms with van der Waals surface area (Å²) in [5.41, 5.74) is 27.5. The van der Waals surface area contributed by atoms with Crippen LogP contribution in [0.15, 0.2) is 461 Å². The lowest BCUT2D eigenvalue weighted by molar-refractivity contribution is 0.866. The zero-order valence-corrected chi connectivity index (χ0v) is 90.2. The van der Waals surface area contributed by atoms with Gasteiger partial charge in [0.25, 0.3) is 0 Å². The minimum atomic E-state index is -1.53. The Kier molecular flexibility index (Phi) is 25.7. The molecule has 0 saturated heterocycles. The SMILES string of the molecule is Cc1ccc(N(c2ccc(C(C)C)cc2)c2ccc3ccc4c(N(c5ccc(C(C)C)cc5)c5ccc([Si](C)(C)C)cc5)ccc5ccc2c3c54)cc1.Cc1ccc(N(c2ccccc2)c2ccc3ccc4c(N(c5ccccc5)c5ccc([Si](C)(C)C)cc5)ccc5ccc2c3c54)cc1.Cc1cccc(N(c2ccccc2)c2ccc3ccc4c(N(c5ccccc5)c5cccc([Si](C)(C)C)c5)ccc5ccc2c3c54)c1. The summed E-state index contributed by atoms with van der Waals surface area (Å²) in [5.74, 6) is 0.955. The first-order valence-electron chi connectivity index (χ1n) is 52.1. The maximum Gasteiger partial charge on any atom is 0.0776 e. The predicted octanol–water partition coefficient (Wildman–Crippen LogP) is 39.4. The summed E-state index contributed by atoms with van der Waals surface area (Å²) in [6, 6.07) is 171. The van der Waals surface area contributed by atoms with Crippen molar-refractivity contribution in [1.29, 1.82) is 0 Å². The third kappa shape index (κ3) is 18.6. The number of hydrogen-bond acceptors (Lipinski definition) is 6. The van der Waals surface area contributed by atoms with Crippen LogP contribution in [0.3, 0.4) is 0 Å². The molecule has 24 aromatic carbocycles. The minimum absolute atomic E-state index is 0.477. The lowest BCUT2D eigenvalue weighted by Gasteiger charge is -2.30. The molecule has 0 aromatic heterocycles. The highest BCUT2D eigenvalue weighted by Gasteiger charge is 2.30. The van der Waals surface area contributed by atoms with E-state index in [-0.39, 0.29) is 0 Å². The Morgan fingerprint density at radius 1 is 0.156 bits per heavy atom. The summed E-state index contributed by atoms with van der Waals surface area (Å²) < 4.78 is 0. The molecule has 9 heteroatoms. The lowest BCUT2D eigenvalue weighted by atomic mass is 9.91. The largest absolute Gasteiger partial charge is 0.310 e. The Balaban J connectivity index is 0.000000126. The van der Waals surface area contributed by atoms with Gasteiger partial charge in [0.05, 0.1) is 58.3 Å². The Morgan fingerprint density at radius 3 is 0.585 bits per heavy atom. The summed E-state index contributed by atoms with van der Waals surface area (Å²) >= 11 is 0. The van der Waals surface area contributed by atoms with Crippen LogP contribution in [0, 0.1) is 20.8 Å². The van der Waals surface area contributed by atoms with E-state index in [1.807, 2.05) is 0 Å². The number of nitrogens with zero attached hydrogens (tertiary/aromatic N) is 6. The van der Waals surface area contributed by atoms with Crippen LogP contribution in [0.25, 0.3) is 97.0 Å². The summed E-state index contributed by atoms with van der Waals surface area (Å²) in [5, 5.41) is 27.2. The van der Waals surface area contributed by atoms with Gasteiger partial charge in [-0.25, -0.2) is 0 Å². The second-order valence-corrected chi connectivity index (χ2v) is 58.8. The van der Waals surface area contributed by atoms with Crippen LogP contribution in [0.2, 0.25) is 58.9 Å². The van der Waals surface area contributed by atoms with E-state index in [4.69, 9.17) is 0 Å². The Bertz CT molecular complexity index is 8850. The molecule has 0 heterocycles. The van der Waals surface area contributed by atoms with Gasteiger partial charge in [0, 0.05) is 101 Å². The second-order valence-electron chi connectivity index (χ2n) is 43.5. The normalized spacial score (nSPS) is 11.9. The van der Waals surface area contributed by atoms with Crippen molar-refractivity contribution < 1.29 is 0 Å². The lowest BCUT2D eigenvalue weighted by Crippen LogP contribution is -2.37. The zero-order valence-electron chi connectivity index (χ0n) is 87.2. The highest BCUT2D eigenvalue weighted by Crippen LogP contribution is 2.54. The molecular weight excluding hydrogens is 1830 g/mol. The van der Waals surface area contributed by atoms with E-state index in [0.717, 1.165) is 45.5 Å². The first-order chi connectivity index (χ1) is 71.2. The smallest absolute Gasteiger partial charge is 0.0776 e. The zero-order chi connectivity index (χ0) is 101. The fourth-order valence-corrected chi connectivity index (χ4v) is 25.4. The van der Waals surface area contributed by atoms with Crippen LogP contribution in [-0.2, 0) is 0 Å². The highest BCUT2D eigenvalue weighted by atomic mass is 28.3. The van der Waals surface area contributed by atoms with Gasteiger partial charge in [0.15, 0.2) is 0 Å². The summed E-state index contributed by atoms with van der Waals surface area (Å²) in [4.78, 5) is 14.5. The number of aryl methyl sites for hydroxylation is 3. The van der Waals surface area contributed by atoms with Gasteiger partial charge in [0.2, 0.25) is 0 Å². The van der Waals surface area contributed by atoms with Crippen molar-refractivity contribution in [3.63, 3.8) is 0 Å². The minimum Gasteiger partial charge on any atom is -0.310 e. The maximum atomic E-state index is 2.46. The van der Waals surface area contributed by atoms with Crippen LogP contribution in [0.1, 0.15) is 67.3 Å². The Labute approximate surface area is 870 Å². The molecule has 0 spiro atoms. The number of benzene rings is 24. The standard InChI is InChI=1S/C50H50N2Si.2C44H38N2Si/c1-33(2)36-11-21-41(22-12-36)51(40-19-9-35(5)10-20-40)47-31-17-38-16-30-46-48(32-18-39-15-29-45(47)49(38)50(39)46)52(42-23-13-37(14-24-42)34(3)4)43-25-27-44(28-26-43)53(6,7)8;1-31-13-11-18-36(29-31)45(34-14-7-5-8-15-34)41-27-23-32-22-26-40-42(28-24-33-21-25-39(41)43(32)44(33)40)46(35-16-9-6-10-17-35)37-19-12-20-38(30-37)47(2,3)4;1-31-15-21-36(22-16-31)45(34-11-7-5-8-12-34)41-29-19-32-18-28-40-42(30-20-33-17-27-39(41)43(32)44(33)40)46(35-13-9-6-10-14-35)37-23-25-38(26-24-37)47(2,3)4/h9-34H,1-8H3;2*5-30H,1-4H3. The van der Waals surface area contributed by atoms with Crippen LogP contribution in [-0.4, -0.2) is 24.2 Å². The van der Waals surface area contributed by atoms with Crippen molar-refractivity contribution in [1.82, 2.24) is 0 Å². The number of para-hydroxylation sites is 4. The molecule has 0 unspecified atom stereocenters. The van der Waals surface area contributed by atoms with Crippen LogP contribution < -0.4 is 45.0 Å². The first-order valence-corrected chi connectivity index (χ1v) is 62.6. The molecule has 24 aromatic rings. The van der Waals surface area contributed by atoms with E-state index in [1.54, 1.807) is 0 Å². The Hall–Kier alpha value is -16.1. The molecule has 0 aliphatic heterocycles. The van der Waals surface area contributed by atoms with E-state index in [0.29, 0.717) is 11.8 Å². The molecule has 720 valence electrons. The number of anilines is 18. The third-order valence-electron chi connectivity index (χ3n) is 29.8. The molecule has 0 fully saturated rings. The van der Waals surface area contributed by atoms with E-state index in [2.05, 4.69) is 598 Å². The summed E-state index contributed by atoms with van der Waals surface area (Å²) in [7, 11) is -4.41. The fraction of sp³-hybridized carbons (Fsp3) is 0.130. The average molecular weight is 1950 g/mol. The molecule has 6 nitrogen and oxygen atoms in total. The van der Waals surface area contributed by atoms with Crippen LogP contribution >= 0.6 is 0 Å². The highest BCUT2D eigenvalue weighted by molar-refractivity contribution is 6.89. The monoisotopic (exact) mass is 1950 g/mol. The first kappa shape index (κ1) is 95.7. The van der Waals surface area contributed by atoms with Crippen molar-refractivity contribution in [2.75, 3.05) is 29.4 Å². The molecular formula is C138H126N6Si3. The van der Waals surface area contributed by atoms with Gasteiger partial charge in [0.1, 0.15) is 0 Å². The van der Waals surface area contributed by atoms with Gasteiger partial charge in [-0.1, -0.05) is 392 Å². The second kappa shape index (κ2) is 39.4. The molecule has 0 N–H and O–H groups in total. The quantitative estimate of drug-likeness (QED) is 0.0466. The van der Waals surface area contributed by atoms with Gasteiger partial charge in [-0.05, 0) is 296 Å². The fourth-order valence-electron chi connectivity index (χ4n) is 21.9. The summed E-state index contributed by atoms with van der Waals surface area (Å²) in [6.07, 6.45) is 0. The van der Waals surface area contributed by atoms with Crippen molar-refractivity contribution in [2.45, 2.75) is 119 Å². The van der Waals surface area contributed by atoms with Crippen molar-refractivity contribution in [3.05, 3.63) is 489 Å². The van der Waals surface area contributed by atoms with Gasteiger partial charge in [-0.15, -0.1) is 0 Å². The van der Waals surface area contributed by atoms with Crippen LogP contribution in [0.4, 0.5) is 102 Å². The Morgan fingerprint density at radius 2 is 0.354 bits per heavy atom. The maximum absolute atomic E-state index is 2.46. The third-order valence-corrected chi connectivity index (χ3v) is 36.0. The van der Waals surface area contributed by atoms with Gasteiger partial charge in [-0.3, -0.25) is 0 Å². The summed E-state index contributed by atoms with van der Waals surface area (Å²) in [6.45, 7) is 37.2. The molecule has 0 amide bonds. The van der Waals surface area contributed by atoms with E-state index >= 15 is 0 Å². The van der Waals surface area contributed by atoms with Crippen LogP contribution in [0.5, 0.6) is 0 Å². The van der Waals surface area contributed by atoms with E-state index in [9.17, 15) is 0 Å². The molecule has 0 aliphatic rings. The van der Waals surface area contributed by atoms with Gasteiger partial charge < -0.3 is 29.4 Å². The van der Waals surface area contributed by atoms with Crippen molar-refractivity contribution in [2.24, 2.45) is 0 Å². The molecule has 0 aliphatic carbocycles. The number of rotatable bonds is 23. The average Bonchev–Trinajstić information content (AvgIpc) is 0.725. The predicted molar refractivity (Wildman–Crippen MR) is 650 cm³/mol. The van der Waals surface area contributed by atoms with E-state index < -0.39 is 24.2 Å². The topological polar surface area (TPSA) is 19.4 Å². The molecule has 0 bridgehead atoms. The van der Waals surface area contributed by atoms with Gasteiger partial charge >= 0.3 is 0 Å². The molecule has 24 rings (SSSR count). The molecule has 0 saturated carbocycles. The molecule has 0 atom stereocenters. The van der Waals surface area contributed by atoms with Gasteiger partial charge in [-0.2, -0.15) is 0 Å². The molecule has 147 heavy (non-hydrogen) atoms. The van der Waals surface area contributed by atoms with E-state index in [1.165, 1.54) is 197 Å². The number of hydrogen-bond donors (Lipinski definition) is 0. The molecule has 0 radical (unpaired) electrons. The van der Waals surface area contributed by atoms with Crippen molar-refractivity contribution >= 4 is 239 Å².